The van der Waals surface area contributed by atoms with Gasteiger partial charge < -0.3 is 10.6 Å². The predicted molar refractivity (Wildman–Crippen MR) is 138 cm³/mol. The van der Waals surface area contributed by atoms with Crippen LogP contribution in [-0.4, -0.2) is 0 Å². The van der Waals surface area contributed by atoms with Crippen LogP contribution in [-0.2, 0) is 5.41 Å². The fourth-order valence-corrected chi connectivity index (χ4v) is 4.46. The topological polar surface area (TPSA) is 29.3 Å². The second kappa shape index (κ2) is 7.42. The number of fused-ring (bicyclic) bond motifs is 2. The van der Waals surface area contributed by atoms with E-state index in [-0.39, 0.29) is 5.41 Å². The molecule has 2 N–H and O–H groups in total. The number of nitrogens with zero attached hydrogens (tertiary/aromatic N) is 1. The molecule has 5 rings (SSSR count). The lowest BCUT2D eigenvalue weighted by atomic mass is 9.82. The molecular formula is C30H28N2. The Hall–Kier alpha value is -3.78. The van der Waals surface area contributed by atoms with Crippen molar-refractivity contribution in [3.8, 4) is 11.1 Å². The minimum absolute atomic E-state index is 0.0737. The largest absolute Gasteiger partial charge is 0.399 e. The monoisotopic (exact) mass is 416 g/mol. The van der Waals surface area contributed by atoms with E-state index in [1.165, 1.54) is 16.7 Å². The number of anilines is 4. The molecule has 0 unspecified atom stereocenters. The minimum atomic E-state index is 0.0737. The molecule has 2 nitrogen and oxygen atoms in total. The Bertz CT molecular complexity index is 1340. The Morgan fingerprint density at radius 2 is 1.38 bits per heavy atom. The van der Waals surface area contributed by atoms with Crippen molar-refractivity contribution in [1.29, 1.82) is 0 Å². The Morgan fingerprint density at radius 1 is 0.688 bits per heavy atom. The number of nitrogen functional groups attached to an aromatic ring is 1. The number of nitrogens with two attached hydrogens (primary N) is 1. The fraction of sp³-hybridized carbons (Fsp3) is 0.133. The Morgan fingerprint density at radius 3 is 2.12 bits per heavy atom. The maximum absolute atomic E-state index is 6.05. The zero-order valence-electron chi connectivity index (χ0n) is 18.9. The number of para-hydroxylation sites is 1. The molecule has 4 aromatic carbocycles. The van der Waals surface area contributed by atoms with Crippen molar-refractivity contribution in [3.63, 3.8) is 0 Å². The summed E-state index contributed by atoms with van der Waals surface area (Å²) in [6.07, 6.45) is 0. The van der Waals surface area contributed by atoms with E-state index in [1.54, 1.807) is 0 Å². The number of benzene rings is 4. The lowest BCUT2D eigenvalue weighted by Crippen LogP contribution is -2.19. The molecule has 0 saturated heterocycles. The number of rotatable bonds is 2. The molecule has 0 aliphatic carbocycles. The SMILES string of the molecule is C=C1c2ccccc2N(c2cccc(-c3cccc(N)c3)c2)c2ccc(C(C)(C)C)cc21. The first-order chi connectivity index (χ1) is 15.3. The predicted octanol–water partition coefficient (Wildman–Crippen LogP) is 8.08. The summed E-state index contributed by atoms with van der Waals surface area (Å²) in [5.74, 6) is 0. The number of hydrogen-bond donors (Lipinski definition) is 1. The van der Waals surface area contributed by atoms with Crippen molar-refractivity contribution in [2.75, 3.05) is 10.6 Å². The van der Waals surface area contributed by atoms with E-state index in [9.17, 15) is 0 Å². The Labute approximate surface area is 190 Å². The third-order valence-electron chi connectivity index (χ3n) is 6.22. The van der Waals surface area contributed by atoms with Crippen molar-refractivity contribution in [2.24, 2.45) is 0 Å². The molecule has 2 heteroatoms. The van der Waals surface area contributed by atoms with Crippen LogP contribution < -0.4 is 10.6 Å². The summed E-state index contributed by atoms with van der Waals surface area (Å²) in [5, 5.41) is 0. The van der Waals surface area contributed by atoms with E-state index in [4.69, 9.17) is 5.73 Å². The van der Waals surface area contributed by atoms with Gasteiger partial charge in [-0.25, -0.2) is 0 Å². The van der Waals surface area contributed by atoms with E-state index < -0.39 is 0 Å². The zero-order valence-corrected chi connectivity index (χ0v) is 18.9. The molecule has 0 radical (unpaired) electrons. The third-order valence-corrected chi connectivity index (χ3v) is 6.22. The van der Waals surface area contributed by atoms with Crippen molar-refractivity contribution < 1.29 is 0 Å². The second-order valence-corrected chi connectivity index (χ2v) is 9.49. The van der Waals surface area contributed by atoms with Crippen molar-refractivity contribution in [2.45, 2.75) is 26.2 Å². The molecular weight excluding hydrogens is 388 g/mol. The average Bonchev–Trinajstić information content (AvgIpc) is 2.79. The quantitative estimate of drug-likeness (QED) is 0.295. The summed E-state index contributed by atoms with van der Waals surface area (Å²) in [5.41, 5.74) is 17.3. The van der Waals surface area contributed by atoms with Gasteiger partial charge in [0, 0.05) is 22.5 Å². The molecule has 0 bridgehead atoms. The minimum Gasteiger partial charge on any atom is -0.399 e. The summed E-state index contributed by atoms with van der Waals surface area (Å²) >= 11 is 0. The number of hydrogen-bond acceptors (Lipinski definition) is 2. The van der Waals surface area contributed by atoms with Gasteiger partial charge in [-0.3, -0.25) is 0 Å². The van der Waals surface area contributed by atoms with Crippen LogP contribution in [0, 0.1) is 0 Å². The van der Waals surface area contributed by atoms with E-state index in [0.717, 1.165) is 39.4 Å². The van der Waals surface area contributed by atoms with Crippen LogP contribution in [0.3, 0.4) is 0 Å². The molecule has 158 valence electrons. The molecule has 1 aliphatic heterocycles. The van der Waals surface area contributed by atoms with Crippen LogP contribution in [0.25, 0.3) is 16.7 Å². The first-order valence-corrected chi connectivity index (χ1v) is 11.0. The summed E-state index contributed by atoms with van der Waals surface area (Å²) in [6.45, 7) is 11.2. The third kappa shape index (κ3) is 3.38. The average molecular weight is 417 g/mol. The van der Waals surface area contributed by atoms with Gasteiger partial charge >= 0.3 is 0 Å². The van der Waals surface area contributed by atoms with Gasteiger partial charge in [-0.15, -0.1) is 0 Å². The van der Waals surface area contributed by atoms with Crippen LogP contribution in [0.5, 0.6) is 0 Å². The highest BCUT2D eigenvalue weighted by molar-refractivity contribution is 6.00. The summed E-state index contributed by atoms with van der Waals surface area (Å²) in [7, 11) is 0. The zero-order chi connectivity index (χ0) is 22.5. The first-order valence-electron chi connectivity index (χ1n) is 11.0. The standard InChI is InChI=1S/C30H28N2/c1-20-26-13-5-6-14-28(26)32(29-16-15-23(19-27(20)29)30(2,3)4)25-12-8-10-22(18-25)21-9-7-11-24(31)17-21/h5-19H,1,31H2,2-4H3. The van der Waals surface area contributed by atoms with Crippen LogP contribution in [0.1, 0.15) is 37.5 Å². The van der Waals surface area contributed by atoms with Gasteiger partial charge in [0.05, 0.1) is 11.4 Å². The van der Waals surface area contributed by atoms with E-state index in [0.29, 0.717) is 0 Å². The van der Waals surface area contributed by atoms with Crippen molar-refractivity contribution >= 4 is 28.3 Å². The summed E-state index contributed by atoms with van der Waals surface area (Å²) < 4.78 is 0. The summed E-state index contributed by atoms with van der Waals surface area (Å²) in [6, 6.07) is 32.0. The smallest absolute Gasteiger partial charge is 0.0540 e. The lowest BCUT2D eigenvalue weighted by Gasteiger charge is -2.35. The summed E-state index contributed by atoms with van der Waals surface area (Å²) in [4.78, 5) is 2.35. The van der Waals surface area contributed by atoms with Crippen LogP contribution in [0.15, 0.2) is 97.6 Å². The molecule has 0 aromatic heterocycles. The van der Waals surface area contributed by atoms with Gasteiger partial charge in [-0.2, -0.15) is 0 Å². The van der Waals surface area contributed by atoms with E-state index in [1.807, 2.05) is 18.2 Å². The Balaban J connectivity index is 1.71. The normalized spacial score (nSPS) is 13.0. The lowest BCUT2D eigenvalue weighted by molar-refractivity contribution is 0.590. The molecule has 0 saturated carbocycles. The van der Waals surface area contributed by atoms with Crippen molar-refractivity contribution in [3.05, 3.63) is 114 Å². The molecule has 0 atom stereocenters. The second-order valence-electron chi connectivity index (χ2n) is 9.49. The highest BCUT2D eigenvalue weighted by Gasteiger charge is 2.28. The Kier molecular flexibility index (Phi) is 4.67. The molecule has 0 fully saturated rings. The maximum Gasteiger partial charge on any atom is 0.0540 e. The van der Waals surface area contributed by atoms with Gasteiger partial charge in [0.25, 0.3) is 0 Å². The van der Waals surface area contributed by atoms with Crippen LogP contribution in [0.4, 0.5) is 22.7 Å². The van der Waals surface area contributed by atoms with Gasteiger partial charge in [-0.1, -0.05) is 75.9 Å². The molecule has 1 heterocycles. The van der Waals surface area contributed by atoms with Gasteiger partial charge in [-0.05, 0) is 70.1 Å². The van der Waals surface area contributed by atoms with Gasteiger partial charge in [0.1, 0.15) is 0 Å². The van der Waals surface area contributed by atoms with Crippen LogP contribution >= 0.6 is 0 Å². The van der Waals surface area contributed by atoms with E-state index in [2.05, 4.69) is 105 Å². The van der Waals surface area contributed by atoms with E-state index >= 15 is 0 Å². The van der Waals surface area contributed by atoms with Crippen LogP contribution in [0.2, 0.25) is 0 Å². The maximum atomic E-state index is 6.05. The highest BCUT2D eigenvalue weighted by Crippen LogP contribution is 2.49. The molecule has 0 spiro atoms. The highest BCUT2D eigenvalue weighted by atomic mass is 15.2. The van der Waals surface area contributed by atoms with Gasteiger partial charge in [0.2, 0.25) is 0 Å². The first kappa shape index (κ1) is 20.1. The van der Waals surface area contributed by atoms with Crippen molar-refractivity contribution in [1.82, 2.24) is 0 Å². The van der Waals surface area contributed by atoms with Gasteiger partial charge in [0.15, 0.2) is 0 Å². The molecule has 1 aliphatic rings. The molecule has 0 amide bonds. The fourth-order valence-electron chi connectivity index (χ4n) is 4.46. The molecule has 32 heavy (non-hydrogen) atoms. The molecule has 4 aromatic rings.